The number of ether oxygens (including phenoxy) is 4. The number of aliphatic hydroxyl groups is 6. The number of rotatable bonds is 6. The number of hydrogen-bond donors (Lipinski definition) is 11. The van der Waals surface area contributed by atoms with E-state index in [1.165, 1.54) is 13.0 Å². The van der Waals surface area contributed by atoms with Gasteiger partial charge in [0.2, 0.25) is 12.0 Å². The van der Waals surface area contributed by atoms with Crippen LogP contribution in [0, 0.1) is 0 Å². The second-order valence-electron chi connectivity index (χ2n) is 10.3. The van der Waals surface area contributed by atoms with Gasteiger partial charge in [0.1, 0.15) is 59.6 Å². The molecular formula is C27H31O16+. The minimum Gasteiger partial charge on any atom is -0.507 e. The summed E-state index contributed by atoms with van der Waals surface area (Å²) in [4.78, 5) is 0. The van der Waals surface area contributed by atoms with E-state index in [0.717, 1.165) is 24.3 Å². The van der Waals surface area contributed by atoms with Crippen LogP contribution in [0.3, 0.4) is 0 Å². The molecule has 43 heavy (non-hydrogen) atoms. The monoisotopic (exact) mass is 611 g/mol. The number of phenols is 5. The molecule has 0 spiro atoms. The summed E-state index contributed by atoms with van der Waals surface area (Å²) in [5.74, 6) is -3.64. The van der Waals surface area contributed by atoms with Crippen molar-refractivity contribution >= 4 is 11.0 Å². The van der Waals surface area contributed by atoms with Gasteiger partial charge < -0.3 is 75.1 Å². The smallest absolute Gasteiger partial charge is 0.402 e. The lowest BCUT2D eigenvalue weighted by Gasteiger charge is -2.42. The number of fused-ring (bicyclic) bond motifs is 1. The Bertz CT molecular complexity index is 1460. The van der Waals surface area contributed by atoms with E-state index in [0.29, 0.717) is 0 Å². The summed E-state index contributed by atoms with van der Waals surface area (Å²) in [6.07, 6.45) is -15.6. The third-order valence-corrected chi connectivity index (χ3v) is 7.29. The van der Waals surface area contributed by atoms with Gasteiger partial charge in [0.05, 0.1) is 24.3 Å². The standard InChI is InChI=1S/C27H30O16/c1-8-18(32)21(35)23(37)26(40-8)39-7-17-20(34)22(36)24(38)27(43-17)42-16-6-11-12(29)4-10(28)5-15(11)41-25(16)9-2-13(30)19(33)14(31)3-9/h2-6,8,17-18,20-24,26-27,32,34-38H,7H2,1H3,(H4-,28,29,30,31,33)/p+1/t8-,17-,18-,20-,21-,22-,23+,24-,26+,27+/m0/s1. The first-order valence-corrected chi connectivity index (χ1v) is 13.0. The molecule has 1 aromatic heterocycles. The first kappa shape index (κ1) is 30.7. The van der Waals surface area contributed by atoms with Gasteiger partial charge in [-0.3, -0.25) is 0 Å². The maximum atomic E-state index is 10.7. The van der Waals surface area contributed by atoms with Gasteiger partial charge in [-0.15, -0.1) is 0 Å². The number of aromatic hydroxyl groups is 5. The molecule has 0 unspecified atom stereocenters. The average Bonchev–Trinajstić information content (AvgIpc) is 2.96. The van der Waals surface area contributed by atoms with Crippen LogP contribution in [0.1, 0.15) is 6.92 Å². The van der Waals surface area contributed by atoms with Gasteiger partial charge in [-0.05, 0) is 6.92 Å². The van der Waals surface area contributed by atoms with Gasteiger partial charge in [-0.2, -0.15) is 0 Å². The molecule has 0 radical (unpaired) electrons. The molecule has 0 saturated carbocycles. The summed E-state index contributed by atoms with van der Waals surface area (Å²) >= 11 is 0. The molecular weight excluding hydrogens is 580 g/mol. The minimum atomic E-state index is -1.88. The zero-order valence-corrected chi connectivity index (χ0v) is 22.3. The summed E-state index contributed by atoms with van der Waals surface area (Å²) in [6.45, 7) is 0.877. The van der Waals surface area contributed by atoms with Crippen molar-refractivity contribution in [1.82, 2.24) is 0 Å². The number of hydrogen-bond acceptors (Lipinski definition) is 15. The van der Waals surface area contributed by atoms with Crippen molar-refractivity contribution in [1.29, 1.82) is 0 Å². The number of benzene rings is 2. The molecule has 0 aliphatic carbocycles. The summed E-state index contributed by atoms with van der Waals surface area (Å²) in [5, 5.41) is 112. The maximum Gasteiger partial charge on any atom is 0.402 e. The molecule has 2 fully saturated rings. The van der Waals surface area contributed by atoms with E-state index >= 15 is 0 Å². The second-order valence-corrected chi connectivity index (χ2v) is 10.3. The van der Waals surface area contributed by atoms with Crippen molar-refractivity contribution in [2.24, 2.45) is 0 Å². The van der Waals surface area contributed by atoms with Crippen molar-refractivity contribution in [3.05, 3.63) is 30.3 Å². The largest absolute Gasteiger partial charge is 0.507 e. The third kappa shape index (κ3) is 5.79. The third-order valence-electron chi connectivity index (χ3n) is 7.29. The second kappa shape index (κ2) is 11.8. The van der Waals surface area contributed by atoms with Crippen molar-refractivity contribution in [2.45, 2.75) is 68.3 Å². The topological polar surface area (TPSA) is 271 Å². The Morgan fingerprint density at radius 2 is 1.33 bits per heavy atom. The van der Waals surface area contributed by atoms with E-state index in [1.807, 2.05) is 0 Å². The van der Waals surface area contributed by atoms with Crippen LogP contribution in [0.5, 0.6) is 34.5 Å². The SMILES string of the molecule is C[C@@H]1O[C@@H](OC[C@@H]2O[C@@H](Oc3cc4c(O)cc(O)cc4[o+]c3-c3cc(O)c(O)c(O)c3)[C@@H](O)[C@@H](O)[C@H]2O)[C@H](O)[C@@H](O)[C@H]1O. The fourth-order valence-electron chi connectivity index (χ4n) is 4.83. The van der Waals surface area contributed by atoms with E-state index in [4.69, 9.17) is 23.4 Å². The van der Waals surface area contributed by atoms with Crippen molar-refractivity contribution < 1.29 is 79.5 Å². The van der Waals surface area contributed by atoms with Crippen LogP contribution >= 0.6 is 0 Å². The Morgan fingerprint density at radius 1 is 0.698 bits per heavy atom. The van der Waals surface area contributed by atoms with Crippen LogP contribution in [-0.4, -0.2) is 124 Å². The summed E-state index contributed by atoms with van der Waals surface area (Å²) in [5.41, 5.74) is -0.150. The van der Waals surface area contributed by atoms with Crippen molar-refractivity contribution in [3.8, 4) is 45.8 Å². The molecule has 2 saturated heterocycles. The van der Waals surface area contributed by atoms with E-state index in [1.54, 1.807) is 0 Å². The molecule has 234 valence electrons. The van der Waals surface area contributed by atoms with Crippen LogP contribution in [-0.2, 0) is 14.2 Å². The molecule has 11 N–H and O–H groups in total. The molecule has 3 aromatic rings. The Labute approximate surface area is 242 Å². The Balaban J connectivity index is 1.46. The van der Waals surface area contributed by atoms with Crippen molar-refractivity contribution in [3.63, 3.8) is 0 Å². The summed E-state index contributed by atoms with van der Waals surface area (Å²) < 4.78 is 28.1. The summed E-state index contributed by atoms with van der Waals surface area (Å²) in [7, 11) is 0. The first-order valence-electron chi connectivity index (χ1n) is 13.0. The fourth-order valence-corrected chi connectivity index (χ4v) is 4.83. The number of phenolic OH excluding ortho intramolecular Hbond substituents is 5. The van der Waals surface area contributed by atoms with Gasteiger partial charge in [-0.25, -0.2) is 4.42 Å². The Morgan fingerprint density at radius 3 is 2.00 bits per heavy atom. The van der Waals surface area contributed by atoms with Crippen LogP contribution in [0.15, 0.2) is 34.7 Å². The Kier molecular flexibility index (Phi) is 8.41. The van der Waals surface area contributed by atoms with Crippen LogP contribution in [0.25, 0.3) is 22.3 Å². The highest BCUT2D eigenvalue weighted by Crippen LogP contribution is 2.45. The molecule has 0 bridgehead atoms. The zero-order chi connectivity index (χ0) is 31.3. The normalized spacial score (nSPS) is 33.0. The van der Waals surface area contributed by atoms with E-state index in [-0.39, 0.29) is 33.8 Å². The lowest BCUT2D eigenvalue weighted by atomic mass is 9.98. The quantitative estimate of drug-likeness (QED) is 0.117. The Hall–Kier alpha value is -3.71. The molecule has 2 aliphatic heterocycles. The van der Waals surface area contributed by atoms with Crippen molar-refractivity contribution in [2.75, 3.05) is 6.61 Å². The molecule has 5 rings (SSSR count). The highest BCUT2D eigenvalue weighted by atomic mass is 16.7. The predicted octanol–water partition coefficient (Wildman–Crippen LogP) is -1.06. The lowest BCUT2D eigenvalue weighted by molar-refractivity contribution is -0.318. The van der Waals surface area contributed by atoms with Gasteiger partial charge in [0.15, 0.2) is 23.5 Å². The predicted molar refractivity (Wildman–Crippen MR) is 140 cm³/mol. The van der Waals surface area contributed by atoms with Gasteiger partial charge in [0.25, 0.3) is 0 Å². The summed E-state index contributed by atoms with van der Waals surface area (Å²) in [6, 6.07) is 5.39. The highest BCUT2D eigenvalue weighted by molar-refractivity contribution is 5.88. The molecule has 16 heteroatoms. The molecule has 3 heterocycles. The van der Waals surface area contributed by atoms with E-state index in [2.05, 4.69) is 0 Å². The number of aliphatic hydroxyl groups excluding tert-OH is 6. The molecule has 2 aromatic carbocycles. The van der Waals surface area contributed by atoms with E-state index < -0.39 is 91.0 Å². The van der Waals surface area contributed by atoms with Gasteiger partial charge in [0, 0.05) is 24.3 Å². The minimum absolute atomic E-state index is 0.00726. The fraction of sp³-hybridized carbons (Fsp3) is 0.444. The average molecular weight is 612 g/mol. The van der Waals surface area contributed by atoms with Crippen LogP contribution in [0.2, 0.25) is 0 Å². The van der Waals surface area contributed by atoms with Gasteiger partial charge in [-0.1, -0.05) is 0 Å². The van der Waals surface area contributed by atoms with E-state index in [9.17, 15) is 56.2 Å². The molecule has 10 atom stereocenters. The molecule has 0 amide bonds. The lowest BCUT2D eigenvalue weighted by Crippen LogP contribution is -2.61. The highest BCUT2D eigenvalue weighted by Gasteiger charge is 2.48. The van der Waals surface area contributed by atoms with Crippen LogP contribution < -0.4 is 4.74 Å². The van der Waals surface area contributed by atoms with Crippen LogP contribution in [0.4, 0.5) is 0 Å². The first-order chi connectivity index (χ1) is 20.3. The van der Waals surface area contributed by atoms with Gasteiger partial charge >= 0.3 is 11.3 Å². The maximum absolute atomic E-state index is 10.7. The molecule has 2 aliphatic rings. The zero-order valence-electron chi connectivity index (χ0n) is 22.3. The molecule has 16 nitrogen and oxygen atoms in total.